The number of ketones is 1. The first-order valence-corrected chi connectivity index (χ1v) is 7.76. The maximum Gasteiger partial charge on any atom is 0.326 e. The number of benzene rings is 1. The molecule has 1 aromatic heterocycles. The van der Waals surface area contributed by atoms with Crippen LogP contribution in [-0.4, -0.2) is 26.4 Å². The van der Waals surface area contributed by atoms with E-state index in [1.807, 2.05) is 6.92 Å². The van der Waals surface area contributed by atoms with Crippen LogP contribution in [0.15, 0.2) is 18.2 Å². The quantitative estimate of drug-likeness (QED) is 0.793. The minimum atomic E-state index is -0.884. The number of carbonyl (C=O) groups is 2. The van der Waals surface area contributed by atoms with Gasteiger partial charge in [-0.2, -0.15) is 0 Å². The Bertz CT molecular complexity index is 703. The molecule has 0 spiro atoms. The van der Waals surface area contributed by atoms with Gasteiger partial charge in [0.1, 0.15) is 11.9 Å². The number of hydrogen-bond donors (Lipinski definition) is 1. The van der Waals surface area contributed by atoms with Gasteiger partial charge in [-0.25, -0.2) is 9.78 Å². The number of carboxylic acids is 1. The lowest BCUT2D eigenvalue weighted by Crippen LogP contribution is -2.18. The summed E-state index contributed by atoms with van der Waals surface area (Å²) in [6.45, 7) is 5.57. The maximum absolute atomic E-state index is 11.8. The van der Waals surface area contributed by atoms with Crippen molar-refractivity contribution in [2.45, 2.75) is 52.5 Å². The van der Waals surface area contributed by atoms with Crippen molar-refractivity contribution in [3.8, 4) is 0 Å². The van der Waals surface area contributed by atoms with E-state index in [9.17, 15) is 14.7 Å². The molecule has 1 aromatic carbocycles. The zero-order valence-electron chi connectivity index (χ0n) is 13.3. The molecule has 1 unspecified atom stereocenters. The molecule has 0 saturated heterocycles. The van der Waals surface area contributed by atoms with Crippen LogP contribution in [0.4, 0.5) is 0 Å². The summed E-state index contributed by atoms with van der Waals surface area (Å²) in [5.74, 6) is -0.0450. The fraction of sp³-hybridized carbons (Fsp3) is 0.471. The summed E-state index contributed by atoms with van der Waals surface area (Å²) in [6.07, 6.45) is 3.15. The minimum absolute atomic E-state index is 0.0674. The summed E-state index contributed by atoms with van der Waals surface area (Å²) in [5, 5.41) is 9.34. The van der Waals surface area contributed by atoms with E-state index in [4.69, 9.17) is 0 Å². The number of Topliss-reactive ketones (excluding diaryl/α,β-unsaturated/α-hetero) is 1. The highest BCUT2D eigenvalue weighted by molar-refractivity contribution is 5.98. The van der Waals surface area contributed by atoms with Gasteiger partial charge in [-0.3, -0.25) is 4.79 Å². The highest BCUT2D eigenvalue weighted by atomic mass is 16.4. The topological polar surface area (TPSA) is 72.2 Å². The van der Waals surface area contributed by atoms with E-state index >= 15 is 0 Å². The normalized spacial score (nSPS) is 12.5. The van der Waals surface area contributed by atoms with Gasteiger partial charge in [-0.05, 0) is 31.5 Å². The average Bonchev–Trinajstić information content (AvgIpc) is 2.88. The first-order valence-electron chi connectivity index (χ1n) is 7.76. The Balaban J connectivity index is 2.57. The fourth-order valence-corrected chi connectivity index (χ4v) is 2.58. The Morgan fingerprint density at radius 2 is 2.05 bits per heavy atom. The van der Waals surface area contributed by atoms with Crippen molar-refractivity contribution in [3.63, 3.8) is 0 Å². The molecule has 0 aliphatic heterocycles. The Morgan fingerprint density at radius 3 is 2.64 bits per heavy atom. The number of carbonyl (C=O) groups excluding carboxylic acids is 1. The van der Waals surface area contributed by atoms with E-state index < -0.39 is 12.0 Å². The molecule has 0 aliphatic carbocycles. The first kappa shape index (κ1) is 16.2. The second kappa shape index (κ2) is 6.73. The molecule has 2 rings (SSSR count). The third-order valence-corrected chi connectivity index (χ3v) is 3.90. The average molecular weight is 302 g/mol. The largest absolute Gasteiger partial charge is 0.480 e. The number of hydrogen-bond acceptors (Lipinski definition) is 3. The molecule has 5 nitrogen and oxygen atoms in total. The number of aliphatic carboxylic acids is 1. The fourth-order valence-electron chi connectivity index (χ4n) is 2.58. The van der Waals surface area contributed by atoms with E-state index in [0.717, 1.165) is 30.6 Å². The van der Waals surface area contributed by atoms with E-state index in [2.05, 4.69) is 11.9 Å². The number of imidazole rings is 1. The van der Waals surface area contributed by atoms with Gasteiger partial charge in [0.15, 0.2) is 5.78 Å². The summed E-state index contributed by atoms with van der Waals surface area (Å²) in [7, 11) is 0. The van der Waals surface area contributed by atoms with Crippen LogP contribution in [0.5, 0.6) is 0 Å². The van der Waals surface area contributed by atoms with Crippen molar-refractivity contribution in [3.05, 3.63) is 29.6 Å². The van der Waals surface area contributed by atoms with Crippen LogP contribution in [-0.2, 0) is 11.2 Å². The van der Waals surface area contributed by atoms with Crippen molar-refractivity contribution in [2.75, 3.05) is 0 Å². The summed E-state index contributed by atoms with van der Waals surface area (Å²) in [4.78, 5) is 27.8. The van der Waals surface area contributed by atoms with Gasteiger partial charge in [0.05, 0.1) is 11.0 Å². The van der Waals surface area contributed by atoms with Gasteiger partial charge in [-0.15, -0.1) is 0 Å². The van der Waals surface area contributed by atoms with Gasteiger partial charge in [0, 0.05) is 18.4 Å². The number of nitrogens with zero attached hydrogens (tertiary/aromatic N) is 2. The molecular formula is C17H22N2O3. The monoisotopic (exact) mass is 302 g/mol. The summed E-state index contributed by atoms with van der Waals surface area (Å²) < 4.78 is 1.77. The summed E-state index contributed by atoms with van der Waals surface area (Å²) >= 11 is 0. The predicted molar refractivity (Wildman–Crippen MR) is 85.3 cm³/mol. The Kier molecular flexibility index (Phi) is 4.96. The summed E-state index contributed by atoms with van der Waals surface area (Å²) in [6, 6.07) is 4.65. The number of unbranched alkanes of at least 4 members (excludes halogenated alkanes) is 1. The van der Waals surface area contributed by atoms with E-state index in [1.165, 1.54) is 0 Å². The number of rotatable bonds is 7. The lowest BCUT2D eigenvalue weighted by atomic mass is 10.1. The highest BCUT2D eigenvalue weighted by Gasteiger charge is 2.21. The molecule has 1 N–H and O–H groups in total. The van der Waals surface area contributed by atoms with Gasteiger partial charge < -0.3 is 9.67 Å². The van der Waals surface area contributed by atoms with Gasteiger partial charge in [0.25, 0.3) is 0 Å². The number of aromatic nitrogens is 2. The summed E-state index contributed by atoms with van der Waals surface area (Å²) in [5.41, 5.74) is 2.09. The maximum atomic E-state index is 11.8. The van der Waals surface area contributed by atoms with Crippen molar-refractivity contribution in [2.24, 2.45) is 0 Å². The zero-order valence-corrected chi connectivity index (χ0v) is 13.3. The van der Waals surface area contributed by atoms with E-state index in [0.29, 0.717) is 17.5 Å². The standard InChI is InChI=1S/C17H22N2O3/c1-4-6-7-16-18-13-10-12(15(20)5-2)8-9-14(13)19(16)11(3)17(21)22/h8-11H,4-7H2,1-3H3,(H,21,22). The molecule has 0 bridgehead atoms. The third kappa shape index (κ3) is 3.03. The van der Waals surface area contributed by atoms with Crippen LogP contribution in [0.2, 0.25) is 0 Å². The van der Waals surface area contributed by atoms with Gasteiger partial charge >= 0.3 is 5.97 Å². The predicted octanol–water partition coefficient (Wildman–Crippen LogP) is 3.62. The molecule has 5 heteroatoms. The number of fused-ring (bicyclic) bond motifs is 1. The molecule has 22 heavy (non-hydrogen) atoms. The van der Waals surface area contributed by atoms with Crippen molar-refractivity contribution >= 4 is 22.8 Å². The van der Waals surface area contributed by atoms with Crippen LogP contribution in [0.1, 0.15) is 62.3 Å². The smallest absolute Gasteiger partial charge is 0.326 e. The van der Waals surface area contributed by atoms with E-state index in [-0.39, 0.29) is 5.78 Å². The first-order chi connectivity index (χ1) is 10.5. The van der Waals surface area contributed by atoms with Gasteiger partial charge in [0.2, 0.25) is 0 Å². The SMILES string of the molecule is CCCCc1nc2cc(C(=O)CC)ccc2n1C(C)C(=O)O. The number of aryl methyl sites for hydroxylation is 1. The van der Waals surface area contributed by atoms with Crippen molar-refractivity contribution in [1.29, 1.82) is 0 Å². The molecule has 0 fully saturated rings. The lowest BCUT2D eigenvalue weighted by Gasteiger charge is -2.13. The van der Waals surface area contributed by atoms with Gasteiger partial charge in [-0.1, -0.05) is 20.3 Å². The van der Waals surface area contributed by atoms with Crippen LogP contribution < -0.4 is 0 Å². The second-order valence-corrected chi connectivity index (χ2v) is 5.50. The van der Waals surface area contributed by atoms with Crippen molar-refractivity contribution < 1.29 is 14.7 Å². The molecule has 0 amide bonds. The molecule has 2 aromatic rings. The van der Waals surface area contributed by atoms with Crippen molar-refractivity contribution in [1.82, 2.24) is 9.55 Å². The molecule has 1 heterocycles. The van der Waals surface area contributed by atoms with Crippen LogP contribution in [0.3, 0.4) is 0 Å². The third-order valence-electron chi connectivity index (χ3n) is 3.90. The van der Waals surface area contributed by atoms with E-state index in [1.54, 1.807) is 29.7 Å². The molecule has 0 aliphatic rings. The molecule has 1 atom stereocenters. The minimum Gasteiger partial charge on any atom is -0.480 e. The Morgan fingerprint density at radius 1 is 1.32 bits per heavy atom. The highest BCUT2D eigenvalue weighted by Crippen LogP contribution is 2.24. The van der Waals surface area contributed by atoms with Crippen LogP contribution >= 0.6 is 0 Å². The lowest BCUT2D eigenvalue weighted by molar-refractivity contribution is -0.140. The molecule has 0 saturated carbocycles. The Labute approximate surface area is 130 Å². The number of carboxylic acid groups (broad SMARTS) is 1. The Hall–Kier alpha value is -2.17. The van der Waals surface area contributed by atoms with Crippen LogP contribution in [0.25, 0.3) is 11.0 Å². The molecular weight excluding hydrogens is 280 g/mol. The second-order valence-electron chi connectivity index (χ2n) is 5.50. The zero-order chi connectivity index (χ0) is 16.3. The molecule has 0 radical (unpaired) electrons. The molecule has 118 valence electrons. The van der Waals surface area contributed by atoms with Crippen LogP contribution in [0, 0.1) is 0 Å².